The van der Waals surface area contributed by atoms with E-state index in [1.54, 1.807) is 0 Å². The first-order valence-corrected chi connectivity index (χ1v) is 8.78. The first kappa shape index (κ1) is 17.8. The summed E-state index contributed by atoms with van der Waals surface area (Å²) in [6.07, 6.45) is 6.48. The van der Waals surface area contributed by atoms with Crippen LogP contribution in [-0.4, -0.2) is 25.0 Å². The molecule has 2 fully saturated rings. The Bertz CT molecular complexity index is 494. The van der Waals surface area contributed by atoms with Crippen LogP contribution in [0.3, 0.4) is 0 Å². The Morgan fingerprint density at radius 2 is 1.86 bits per heavy atom. The van der Waals surface area contributed by atoms with E-state index >= 15 is 0 Å². The van der Waals surface area contributed by atoms with E-state index in [4.69, 9.17) is 0 Å². The third-order valence-corrected chi connectivity index (χ3v) is 5.45. The molecule has 2 N–H and O–H groups in total. The molecule has 22 heavy (non-hydrogen) atoms. The van der Waals surface area contributed by atoms with Gasteiger partial charge < -0.3 is 10.6 Å². The van der Waals surface area contributed by atoms with E-state index in [0.29, 0.717) is 6.04 Å². The van der Waals surface area contributed by atoms with Gasteiger partial charge in [0.2, 0.25) is 5.91 Å². The van der Waals surface area contributed by atoms with Gasteiger partial charge in [-0.05, 0) is 49.9 Å². The number of hydrogen-bond donors (Lipinski definition) is 2. The smallest absolute Gasteiger partial charge is 0.230 e. The quantitative estimate of drug-likeness (QED) is 0.833. The van der Waals surface area contributed by atoms with Crippen LogP contribution in [0, 0.1) is 0 Å². The lowest BCUT2D eigenvalue weighted by atomic mass is 9.77. The number of carbonyl (C=O) groups is 1. The molecule has 1 amide bonds. The molecule has 1 aromatic carbocycles. The third kappa shape index (κ3) is 3.66. The van der Waals surface area contributed by atoms with Crippen molar-refractivity contribution in [2.24, 2.45) is 0 Å². The minimum atomic E-state index is -0.307. The maximum absolute atomic E-state index is 13.0. The van der Waals surface area contributed by atoms with Crippen molar-refractivity contribution in [2.45, 2.75) is 50.0 Å². The molecule has 1 heterocycles. The van der Waals surface area contributed by atoms with E-state index in [9.17, 15) is 4.79 Å². The minimum Gasteiger partial charge on any atom is -0.351 e. The molecule has 0 aromatic heterocycles. The second-order valence-electron chi connectivity index (χ2n) is 6.31. The van der Waals surface area contributed by atoms with Crippen LogP contribution in [0.4, 0.5) is 0 Å². The molecule has 3 rings (SSSR count). The zero-order chi connectivity index (χ0) is 14.7. The first-order chi connectivity index (χ1) is 10.2. The Hall–Kier alpha value is -0.580. The van der Waals surface area contributed by atoms with Gasteiger partial charge in [-0.15, -0.1) is 12.4 Å². The summed E-state index contributed by atoms with van der Waals surface area (Å²) in [5.74, 6) is 0.232. The molecule has 0 bridgehead atoms. The summed E-state index contributed by atoms with van der Waals surface area (Å²) in [5, 5.41) is 6.67. The predicted molar refractivity (Wildman–Crippen MR) is 95.6 cm³/mol. The van der Waals surface area contributed by atoms with E-state index in [1.807, 2.05) is 12.1 Å². The van der Waals surface area contributed by atoms with E-state index in [2.05, 4.69) is 38.7 Å². The van der Waals surface area contributed by atoms with Crippen LogP contribution in [0.2, 0.25) is 0 Å². The number of rotatable bonds is 3. The summed E-state index contributed by atoms with van der Waals surface area (Å²) in [7, 11) is 0. The Morgan fingerprint density at radius 3 is 2.45 bits per heavy atom. The molecule has 0 radical (unpaired) electrons. The highest BCUT2D eigenvalue weighted by molar-refractivity contribution is 9.10. The summed E-state index contributed by atoms with van der Waals surface area (Å²) < 4.78 is 1.07. The Balaban J connectivity index is 0.00000176. The highest BCUT2D eigenvalue weighted by atomic mass is 79.9. The number of hydrogen-bond acceptors (Lipinski definition) is 2. The maximum atomic E-state index is 13.0. The molecular weight excluding hydrogens is 364 g/mol. The van der Waals surface area contributed by atoms with Gasteiger partial charge >= 0.3 is 0 Å². The highest BCUT2D eigenvalue weighted by Crippen LogP contribution is 2.41. The van der Waals surface area contributed by atoms with Gasteiger partial charge in [0.15, 0.2) is 0 Å². The van der Waals surface area contributed by atoms with Crippen molar-refractivity contribution in [3.63, 3.8) is 0 Å². The zero-order valence-electron chi connectivity index (χ0n) is 12.7. The molecular formula is C17H24BrClN2O. The van der Waals surface area contributed by atoms with Gasteiger partial charge in [-0.1, -0.05) is 40.9 Å². The molecule has 5 heteroatoms. The van der Waals surface area contributed by atoms with Gasteiger partial charge in [-0.25, -0.2) is 0 Å². The van der Waals surface area contributed by atoms with Crippen LogP contribution < -0.4 is 10.6 Å². The second-order valence-corrected chi connectivity index (χ2v) is 7.23. The maximum Gasteiger partial charge on any atom is 0.230 e. The van der Waals surface area contributed by atoms with Gasteiger partial charge in [0.25, 0.3) is 0 Å². The van der Waals surface area contributed by atoms with Crippen molar-refractivity contribution in [3.05, 3.63) is 34.3 Å². The van der Waals surface area contributed by atoms with Crippen molar-refractivity contribution in [3.8, 4) is 0 Å². The average molecular weight is 388 g/mol. The van der Waals surface area contributed by atoms with Gasteiger partial charge in [0, 0.05) is 17.1 Å². The summed E-state index contributed by atoms with van der Waals surface area (Å²) in [6, 6.07) is 8.59. The molecule has 1 aliphatic carbocycles. The number of halogens is 2. The highest BCUT2D eigenvalue weighted by Gasteiger charge is 2.43. The monoisotopic (exact) mass is 386 g/mol. The lowest BCUT2D eigenvalue weighted by Crippen LogP contribution is -2.51. The number of carbonyl (C=O) groups excluding carboxylic acids is 1. The van der Waals surface area contributed by atoms with Gasteiger partial charge in [0.1, 0.15) is 0 Å². The lowest BCUT2D eigenvalue weighted by molar-refractivity contribution is -0.127. The molecule has 1 aromatic rings. The van der Waals surface area contributed by atoms with Crippen molar-refractivity contribution in [1.82, 2.24) is 10.6 Å². The van der Waals surface area contributed by atoms with Crippen molar-refractivity contribution >= 4 is 34.2 Å². The van der Waals surface area contributed by atoms with Crippen LogP contribution in [0.1, 0.15) is 44.1 Å². The van der Waals surface area contributed by atoms with Crippen LogP contribution in [0.15, 0.2) is 28.7 Å². The van der Waals surface area contributed by atoms with E-state index < -0.39 is 0 Å². The van der Waals surface area contributed by atoms with Crippen LogP contribution in [0.25, 0.3) is 0 Å². The average Bonchev–Trinajstić information content (AvgIpc) is 3.00. The van der Waals surface area contributed by atoms with Gasteiger partial charge in [-0.3, -0.25) is 4.79 Å². The normalized spacial score (nSPS) is 23.6. The lowest BCUT2D eigenvalue weighted by Gasteiger charge is -2.32. The molecule has 122 valence electrons. The summed E-state index contributed by atoms with van der Waals surface area (Å²) in [5.41, 5.74) is 0.863. The zero-order valence-corrected chi connectivity index (χ0v) is 15.1. The van der Waals surface area contributed by atoms with Crippen molar-refractivity contribution < 1.29 is 4.79 Å². The predicted octanol–water partition coefficient (Wildman–Crippen LogP) is 3.55. The fraction of sp³-hybridized carbons (Fsp3) is 0.588. The van der Waals surface area contributed by atoms with Crippen LogP contribution in [-0.2, 0) is 10.2 Å². The summed E-state index contributed by atoms with van der Waals surface area (Å²) in [4.78, 5) is 13.0. The Labute approximate surface area is 147 Å². The Kier molecular flexibility index (Phi) is 6.30. The molecule has 1 aliphatic heterocycles. The fourth-order valence-corrected chi connectivity index (χ4v) is 3.96. The molecule has 1 unspecified atom stereocenters. The number of nitrogens with one attached hydrogen (secondary N) is 2. The van der Waals surface area contributed by atoms with E-state index in [0.717, 1.165) is 56.1 Å². The topological polar surface area (TPSA) is 41.1 Å². The van der Waals surface area contributed by atoms with E-state index in [-0.39, 0.29) is 23.7 Å². The first-order valence-electron chi connectivity index (χ1n) is 7.98. The standard InChI is InChI=1S/C17H23BrN2O.ClH/c18-14-7-5-13(6-8-14)17(9-1-2-10-17)16(21)20-15-4-3-11-19-12-15;/h5-8,15,19H,1-4,9-12H2,(H,20,21);1H. The fourth-order valence-electron chi connectivity index (χ4n) is 3.69. The molecule has 3 nitrogen and oxygen atoms in total. The van der Waals surface area contributed by atoms with Gasteiger partial charge in [0.05, 0.1) is 5.41 Å². The van der Waals surface area contributed by atoms with Crippen molar-refractivity contribution in [1.29, 1.82) is 0 Å². The molecule has 0 spiro atoms. The summed E-state index contributed by atoms with van der Waals surface area (Å²) >= 11 is 3.48. The molecule has 1 saturated heterocycles. The molecule has 1 atom stereocenters. The Morgan fingerprint density at radius 1 is 1.18 bits per heavy atom. The van der Waals surface area contributed by atoms with Crippen molar-refractivity contribution in [2.75, 3.05) is 13.1 Å². The summed E-state index contributed by atoms with van der Waals surface area (Å²) in [6.45, 7) is 1.98. The SMILES string of the molecule is Cl.O=C(NC1CCCNC1)C1(c2ccc(Br)cc2)CCCC1. The van der Waals surface area contributed by atoms with Crippen LogP contribution >= 0.6 is 28.3 Å². The second kappa shape index (κ2) is 7.80. The molecule has 2 aliphatic rings. The number of amides is 1. The third-order valence-electron chi connectivity index (χ3n) is 4.92. The number of piperidine rings is 1. The van der Waals surface area contributed by atoms with Crippen LogP contribution in [0.5, 0.6) is 0 Å². The number of benzene rings is 1. The largest absolute Gasteiger partial charge is 0.351 e. The molecule has 1 saturated carbocycles. The minimum absolute atomic E-state index is 0. The van der Waals surface area contributed by atoms with Gasteiger partial charge in [-0.2, -0.15) is 0 Å². The van der Waals surface area contributed by atoms with E-state index in [1.165, 1.54) is 5.56 Å².